The van der Waals surface area contributed by atoms with Crippen molar-refractivity contribution in [2.45, 2.75) is 59.4 Å². The largest absolute Gasteiger partial charge is 0.352 e. The lowest BCUT2D eigenvalue weighted by molar-refractivity contribution is -0.102. The normalized spacial score (nSPS) is 33.6. The van der Waals surface area contributed by atoms with E-state index in [4.69, 9.17) is 0 Å². The zero-order valence-electron chi connectivity index (χ0n) is 21.6. The van der Waals surface area contributed by atoms with Crippen molar-refractivity contribution in [3.63, 3.8) is 0 Å². The Morgan fingerprint density at radius 2 is 1.76 bits per heavy atom. The van der Waals surface area contributed by atoms with Crippen LogP contribution in [-0.4, -0.2) is 72.5 Å². The molecule has 34 heavy (non-hydrogen) atoms. The Hall–Kier alpha value is -2.15. The highest BCUT2D eigenvalue weighted by Gasteiger charge is 2.56. The smallest absolute Gasteiger partial charge is 0.317 e. The monoisotopic (exact) mass is 469 g/mol. The summed E-state index contributed by atoms with van der Waals surface area (Å²) < 4.78 is 0. The van der Waals surface area contributed by atoms with E-state index in [1.807, 2.05) is 4.90 Å². The number of rotatable bonds is 4. The molecular weight excluding hydrogens is 426 g/mol. The van der Waals surface area contributed by atoms with Crippen molar-refractivity contribution in [2.75, 3.05) is 39.8 Å². The summed E-state index contributed by atoms with van der Waals surface area (Å²) in [4.78, 5) is 34.3. The fraction of sp³-hybridized carbons (Fsp3) is 0.741. The van der Waals surface area contributed by atoms with E-state index in [-0.39, 0.29) is 34.7 Å². The van der Waals surface area contributed by atoms with Crippen LogP contribution >= 0.6 is 0 Å². The number of hydrogen-bond donors (Lipinski definition) is 2. The number of carbonyl (C=O) groups is 2. The molecule has 5 atom stereocenters. The van der Waals surface area contributed by atoms with Gasteiger partial charge in [-0.15, -0.1) is 0 Å². The van der Waals surface area contributed by atoms with Gasteiger partial charge in [-0.25, -0.2) is 4.79 Å². The summed E-state index contributed by atoms with van der Waals surface area (Å²) in [5, 5.41) is 6.67. The molecule has 1 aromatic heterocycles. The standard InChI is InChI=1S/C27H43N5O2/c1-19-21(18-29-24(33)20-7-11-28-12-8-20)27(4)10-6-9-26(2,3)23(27)17-22(19)30-25(34)32-15-13-31(5)14-16-32/h7-8,11-12,19,21-23H,6,9-10,13-18H2,1-5H3,(H,29,33)(H,30,34)/t19-,21+,22-,23?,27-/m1/s1. The molecule has 2 aliphatic carbocycles. The minimum atomic E-state index is -0.0478. The highest BCUT2D eigenvalue weighted by atomic mass is 16.2. The van der Waals surface area contributed by atoms with Crippen LogP contribution in [0.2, 0.25) is 0 Å². The third-order valence-corrected chi connectivity index (χ3v) is 9.41. The minimum Gasteiger partial charge on any atom is -0.352 e. The van der Waals surface area contributed by atoms with Gasteiger partial charge in [-0.05, 0) is 67.0 Å². The van der Waals surface area contributed by atoms with E-state index >= 15 is 0 Å². The first-order chi connectivity index (χ1) is 16.1. The first-order valence-corrected chi connectivity index (χ1v) is 13.0. The highest BCUT2D eigenvalue weighted by Crippen LogP contribution is 2.61. The highest BCUT2D eigenvalue weighted by molar-refractivity contribution is 5.93. The van der Waals surface area contributed by atoms with Crippen molar-refractivity contribution in [2.24, 2.45) is 28.6 Å². The van der Waals surface area contributed by atoms with Crippen molar-refractivity contribution in [3.8, 4) is 0 Å². The number of nitrogens with one attached hydrogen (secondary N) is 2. The molecule has 3 amide bonds. The predicted octanol–water partition coefficient (Wildman–Crippen LogP) is 3.63. The van der Waals surface area contributed by atoms with Gasteiger partial charge in [-0.3, -0.25) is 9.78 Å². The van der Waals surface area contributed by atoms with Crippen LogP contribution in [0, 0.1) is 28.6 Å². The summed E-state index contributed by atoms with van der Waals surface area (Å²) >= 11 is 0. The van der Waals surface area contributed by atoms with Crippen LogP contribution < -0.4 is 10.6 Å². The average molecular weight is 470 g/mol. The number of pyridine rings is 1. The van der Waals surface area contributed by atoms with Gasteiger partial charge in [0, 0.05) is 56.7 Å². The molecule has 2 saturated carbocycles. The molecule has 7 nitrogen and oxygen atoms in total. The molecule has 3 aliphatic rings. The Morgan fingerprint density at radius 1 is 1.09 bits per heavy atom. The van der Waals surface area contributed by atoms with Crippen molar-refractivity contribution in [3.05, 3.63) is 30.1 Å². The number of fused-ring (bicyclic) bond motifs is 1. The van der Waals surface area contributed by atoms with E-state index in [9.17, 15) is 9.59 Å². The molecule has 3 fully saturated rings. The third-order valence-electron chi connectivity index (χ3n) is 9.41. The number of urea groups is 1. The molecule has 0 spiro atoms. The van der Waals surface area contributed by atoms with Crippen molar-refractivity contribution >= 4 is 11.9 Å². The summed E-state index contributed by atoms with van der Waals surface area (Å²) in [5.74, 6) is 1.04. The zero-order valence-corrected chi connectivity index (χ0v) is 21.6. The molecule has 1 aliphatic heterocycles. The van der Waals surface area contributed by atoms with Gasteiger partial charge in [0.05, 0.1) is 0 Å². The van der Waals surface area contributed by atoms with Gasteiger partial charge in [-0.1, -0.05) is 34.1 Å². The fourth-order valence-electron chi connectivity index (χ4n) is 7.22. The van der Waals surface area contributed by atoms with E-state index in [1.165, 1.54) is 19.3 Å². The second-order valence-electron chi connectivity index (χ2n) is 11.9. The Balaban J connectivity index is 1.52. The van der Waals surface area contributed by atoms with Crippen LogP contribution in [0.4, 0.5) is 4.79 Å². The van der Waals surface area contributed by atoms with Crippen LogP contribution in [0.3, 0.4) is 0 Å². The molecule has 188 valence electrons. The van der Waals surface area contributed by atoms with Gasteiger partial charge in [0.1, 0.15) is 0 Å². The number of aromatic nitrogens is 1. The Morgan fingerprint density at radius 3 is 2.44 bits per heavy atom. The number of piperazine rings is 1. The molecule has 7 heteroatoms. The molecule has 0 bridgehead atoms. The lowest BCUT2D eigenvalue weighted by Gasteiger charge is -2.61. The number of likely N-dealkylation sites (N-methyl/N-ethyl adjacent to an activating group) is 1. The van der Waals surface area contributed by atoms with Gasteiger partial charge >= 0.3 is 6.03 Å². The van der Waals surface area contributed by atoms with Crippen molar-refractivity contribution < 1.29 is 9.59 Å². The van der Waals surface area contributed by atoms with Crippen LogP contribution in [0.25, 0.3) is 0 Å². The minimum absolute atomic E-state index is 0.0478. The van der Waals surface area contributed by atoms with E-state index in [2.05, 4.69) is 55.3 Å². The molecule has 0 radical (unpaired) electrons. The number of hydrogen-bond acceptors (Lipinski definition) is 4. The van der Waals surface area contributed by atoms with Gasteiger partial charge in [-0.2, -0.15) is 0 Å². The fourth-order valence-corrected chi connectivity index (χ4v) is 7.22. The van der Waals surface area contributed by atoms with E-state index < -0.39 is 0 Å². The topological polar surface area (TPSA) is 77.6 Å². The summed E-state index contributed by atoms with van der Waals surface area (Å²) in [6, 6.07) is 3.70. The maximum absolute atomic E-state index is 13.2. The maximum atomic E-state index is 13.2. The van der Waals surface area contributed by atoms with Gasteiger partial charge in [0.2, 0.25) is 0 Å². The third kappa shape index (κ3) is 4.95. The maximum Gasteiger partial charge on any atom is 0.317 e. The summed E-state index contributed by atoms with van der Waals surface area (Å²) in [6.07, 6.45) is 7.95. The summed E-state index contributed by atoms with van der Waals surface area (Å²) in [6.45, 7) is 13.6. The van der Waals surface area contributed by atoms with Crippen molar-refractivity contribution in [1.82, 2.24) is 25.4 Å². The lowest BCUT2D eigenvalue weighted by Crippen LogP contribution is -2.62. The molecular formula is C27H43N5O2. The Labute approximate surface area is 205 Å². The van der Waals surface area contributed by atoms with Crippen molar-refractivity contribution in [1.29, 1.82) is 0 Å². The Kier molecular flexibility index (Phi) is 7.22. The molecule has 4 rings (SSSR count). The predicted molar refractivity (Wildman–Crippen MR) is 134 cm³/mol. The quantitative estimate of drug-likeness (QED) is 0.706. The van der Waals surface area contributed by atoms with Crippen LogP contribution in [0.1, 0.15) is 63.7 Å². The molecule has 0 aromatic carbocycles. The van der Waals surface area contributed by atoms with E-state index in [0.717, 1.165) is 32.6 Å². The second kappa shape index (κ2) is 9.84. The summed E-state index contributed by atoms with van der Waals surface area (Å²) in [5.41, 5.74) is 1.00. The van der Waals surface area contributed by atoms with E-state index in [1.54, 1.807) is 24.5 Å². The Bertz CT molecular complexity index is 867. The number of carbonyl (C=O) groups excluding carboxylic acids is 2. The van der Waals surface area contributed by atoms with E-state index in [0.29, 0.717) is 23.9 Å². The summed E-state index contributed by atoms with van der Waals surface area (Å²) in [7, 11) is 2.11. The lowest BCUT2D eigenvalue weighted by atomic mass is 9.45. The number of amides is 3. The van der Waals surface area contributed by atoms with Gasteiger partial charge in [0.15, 0.2) is 0 Å². The first-order valence-electron chi connectivity index (χ1n) is 13.0. The first kappa shape index (κ1) is 25.0. The molecule has 1 unspecified atom stereocenters. The molecule has 1 saturated heterocycles. The molecule has 2 N–H and O–H groups in total. The number of nitrogens with zero attached hydrogens (tertiary/aromatic N) is 3. The van der Waals surface area contributed by atoms with Crippen LogP contribution in [-0.2, 0) is 0 Å². The SMILES string of the molecule is C[C@H]1[C@H](NC(=O)N2CCN(C)CC2)CC2C(C)(C)CCC[C@]2(C)[C@H]1CNC(=O)c1ccncc1. The van der Waals surface area contributed by atoms with Gasteiger partial charge in [0.25, 0.3) is 5.91 Å². The average Bonchev–Trinajstić information content (AvgIpc) is 2.80. The van der Waals surface area contributed by atoms with Crippen LogP contribution in [0.15, 0.2) is 24.5 Å². The zero-order chi connectivity index (χ0) is 24.5. The second-order valence-corrected chi connectivity index (χ2v) is 11.9. The van der Waals surface area contributed by atoms with Gasteiger partial charge < -0.3 is 20.4 Å². The van der Waals surface area contributed by atoms with Crippen LogP contribution in [0.5, 0.6) is 0 Å². The molecule has 1 aromatic rings. The molecule has 2 heterocycles.